The van der Waals surface area contributed by atoms with Crippen LogP contribution in [-0.2, 0) is 4.74 Å². The van der Waals surface area contributed by atoms with Crippen LogP contribution in [0.15, 0.2) is 24.3 Å². The van der Waals surface area contributed by atoms with Crippen molar-refractivity contribution < 1.29 is 9.47 Å². The summed E-state index contributed by atoms with van der Waals surface area (Å²) in [6.07, 6.45) is 0.355. The van der Waals surface area contributed by atoms with Gasteiger partial charge in [0.15, 0.2) is 5.82 Å². The molecule has 1 saturated heterocycles. The van der Waals surface area contributed by atoms with Crippen LogP contribution in [0.3, 0.4) is 0 Å². The number of aromatic nitrogens is 2. The van der Waals surface area contributed by atoms with E-state index in [9.17, 15) is 0 Å². The van der Waals surface area contributed by atoms with Crippen LogP contribution in [0.2, 0.25) is 0 Å². The number of fused-ring (bicyclic) bond motifs is 1. The summed E-state index contributed by atoms with van der Waals surface area (Å²) in [5, 5.41) is 0. The van der Waals surface area contributed by atoms with E-state index in [4.69, 9.17) is 14.5 Å². The third-order valence-electron chi connectivity index (χ3n) is 3.52. The fourth-order valence-corrected chi connectivity index (χ4v) is 2.76. The Hall–Kier alpha value is -1.88. The van der Waals surface area contributed by atoms with Gasteiger partial charge >= 0.3 is 0 Å². The van der Waals surface area contributed by atoms with E-state index in [1.54, 1.807) is 0 Å². The summed E-state index contributed by atoms with van der Waals surface area (Å²) in [5.74, 6) is 1.43. The van der Waals surface area contributed by atoms with Crippen molar-refractivity contribution >= 4 is 16.9 Å². The minimum atomic E-state index is 0.177. The summed E-state index contributed by atoms with van der Waals surface area (Å²) >= 11 is 0. The Balaban J connectivity index is 2.04. The van der Waals surface area contributed by atoms with Gasteiger partial charge in [-0.25, -0.2) is 9.97 Å². The molecule has 1 aromatic heterocycles. The molecule has 2 atom stereocenters. The van der Waals surface area contributed by atoms with Crippen LogP contribution in [0.25, 0.3) is 11.0 Å². The second-order valence-electron chi connectivity index (χ2n) is 5.44. The van der Waals surface area contributed by atoms with Crippen LogP contribution < -0.4 is 9.64 Å². The number of ether oxygens (including phenoxy) is 2. The number of hydrogen-bond acceptors (Lipinski definition) is 5. The molecule has 2 heterocycles. The van der Waals surface area contributed by atoms with Gasteiger partial charge in [0.1, 0.15) is 0 Å². The highest BCUT2D eigenvalue weighted by Crippen LogP contribution is 2.29. The second kappa shape index (κ2) is 5.85. The molecule has 1 aliphatic heterocycles. The van der Waals surface area contributed by atoms with Gasteiger partial charge < -0.3 is 14.4 Å². The van der Waals surface area contributed by atoms with Gasteiger partial charge in [-0.1, -0.05) is 12.1 Å². The van der Waals surface area contributed by atoms with Crippen LogP contribution in [0, 0.1) is 0 Å². The van der Waals surface area contributed by atoms with Crippen molar-refractivity contribution in [3.05, 3.63) is 24.3 Å². The average Bonchev–Trinajstić information content (AvgIpc) is 2.46. The maximum atomic E-state index is 5.79. The highest BCUT2D eigenvalue weighted by molar-refractivity contribution is 5.77. The maximum absolute atomic E-state index is 5.79. The van der Waals surface area contributed by atoms with Crippen molar-refractivity contribution in [3.8, 4) is 5.88 Å². The lowest BCUT2D eigenvalue weighted by Gasteiger charge is -2.36. The molecule has 0 amide bonds. The third kappa shape index (κ3) is 2.93. The predicted molar refractivity (Wildman–Crippen MR) is 82.9 cm³/mol. The summed E-state index contributed by atoms with van der Waals surface area (Å²) < 4.78 is 11.5. The van der Waals surface area contributed by atoms with Gasteiger partial charge in [0.2, 0.25) is 0 Å². The number of morpholine rings is 1. The molecule has 5 heteroatoms. The van der Waals surface area contributed by atoms with E-state index < -0.39 is 0 Å². The fraction of sp³-hybridized carbons (Fsp3) is 0.500. The summed E-state index contributed by atoms with van der Waals surface area (Å²) in [5.41, 5.74) is 1.75. The zero-order valence-electron chi connectivity index (χ0n) is 12.7. The van der Waals surface area contributed by atoms with E-state index in [2.05, 4.69) is 23.7 Å². The van der Waals surface area contributed by atoms with Crippen LogP contribution >= 0.6 is 0 Å². The molecule has 1 fully saturated rings. The maximum Gasteiger partial charge on any atom is 0.258 e. The van der Waals surface area contributed by atoms with Crippen molar-refractivity contribution in [2.75, 3.05) is 24.6 Å². The van der Waals surface area contributed by atoms with E-state index in [0.717, 1.165) is 29.9 Å². The van der Waals surface area contributed by atoms with Crippen molar-refractivity contribution in [3.63, 3.8) is 0 Å². The van der Waals surface area contributed by atoms with Crippen molar-refractivity contribution in [1.29, 1.82) is 0 Å². The first-order chi connectivity index (χ1) is 10.2. The van der Waals surface area contributed by atoms with Gasteiger partial charge in [0.05, 0.1) is 29.8 Å². The Morgan fingerprint density at radius 2 is 1.76 bits per heavy atom. The predicted octanol–water partition coefficient (Wildman–Crippen LogP) is 2.64. The number of rotatable bonds is 3. The van der Waals surface area contributed by atoms with Gasteiger partial charge in [-0.2, -0.15) is 0 Å². The highest BCUT2D eigenvalue weighted by atomic mass is 16.5. The molecule has 1 aromatic carbocycles. The summed E-state index contributed by atoms with van der Waals surface area (Å²) in [6.45, 7) is 8.31. The molecule has 0 aliphatic carbocycles. The Kier molecular flexibility index (Phi) is 3.92. The molecular formula is C16H21N3O2. The molecule has 0 saturated carbocycles. The van der Waals surface area contributed by atoms with Gasteiger partial charge in [-0.3, -0.25) is 0 Å². The standard InChI is InChI=1S/C16H21N3O2/c1-4-20-16-15(19-9-11(2)21-12(3)10-19)17-13-7-5-6-8-14(13)18-16/h5-8,11-12H,4,9-10H2,1-3H3/t11-,12-/m1/s1. The topological polar surface area (TPSA) is 47.5 Å². The smallest absolute Gasteiger partial charge is 0.258 e. The number of anilines is 1. The third-order valence-corrected chi connectivity index (χ3v) is 3.52. The summed E-state index contributed by atoms with van der Waals surface area (Å²) in [4.78, 5) is 11.6. The first kappa shape index (κ1) is 14.1. The molecule has 112 valence electrons. The Labute approximate surface area is 124 Å². The summed E-state index contributed by atoms with van der Waals surface area (Å²) in [6, 6.07) is 7.88. The zero-order valence-corrected chi connectivity index (χ0v) is 12.7. The molecule has 0 unspecified atom stereocenters. The molecule has 2 aromatic rings. The molecular weight excluding hydrogens is 266 g/mol. The van der Waals surface area contributed by atoms with Crippen LogP contribution in [0.5, 0.6) is 5.88 Å². The SMILES string of the molecule is CCOc1nc2ccccc2nc1N1C[C@@H](C)O[C@H](C)C1. The highest BCUT2D eigenvalue weighted by Gasteiger charge is 2.26. The lowest BCUT2D eigenvalue weighted by Crippen LogP contribution is -2.46. The Morgan fingerprint density at radius 3 is 2.38 bits per heavy atom. The van der Waals surface area contributed by atoms with E-state index in [1.807, 2.05) is 31.2 Å². The largest absolute Gasteiger partial charge is 0.475 e. The zero-order chi connectivity index (χ0) is 14.8. The molecule has 21 heavy (non-hydrogen) atoms. The van der Waals surface area contributed by atoms with E-state index in [0.29, 0.717) is 12.5 Å². The van der Waals surface area contributed by atoms with Gasteiger partial charge in [0.25, 0.3) is 5.88 Å². The van der Waals surface area contributed by atoms with Crippen molar-refractivity contribution in [1.82, 2.24) is 9.97 Å². The number of hydrogen-bond donors (Lipinski definition) is 0. The van der Waals surface area contributed by atoms with Crippen LogP contribution in [0.4, 0.5) is 5.82 Å². The minimum absolute atomic E-state index is 0.177. The molecule has 0 radical (unpaired) electrons. The van der Waals surface area contributed by atoms with Crippen LogP contribution in [-0.4, -0.2) is 41.9 Å². The fourth-order valence-electron chi connectivity index (χ4n) is 2.76. The van der Waals surface area contributed by atoms with E-state index in [1.165, 1.54) is 0 Å². The number of benzene rings is 1. The number of nitrogens with zero attached hydrogens (tertiary/aromatic N) is 3. The lowest BCUT2D eigenvalue weighted by atomic mass is 10.2. The average molecular weight is 287 g/mol. The molecule has 0 bridgehead atoms. The first-order valence-corrected chi connectivity index (χ1v) is 7.47. The molecule has 0 spiro atoms. The summed E-state index contributed by atoms with van der Waals surface area (Å²) in [7, 11) is 0. The van der Waals surface area contributed by atoms with E-state index in [-0.39, 0.29) is 12.2 Å². The second-order valence-corrected chi connectivity index (χ2v) is 5.44. The quantitative estimate of drug-likeness (QED) is 0.868. The first-order valence-electron chi connectivity index (χ1n) is 7.47. The van der Waals surface area contributed by atoms with Crippen LogP contribution in [0.1, 0.15) is 20.8 Å². The lowest BCUT2D eigenvalue weighted by molar-refractivity contribution is -0.00561. The minimum Gasteiger partial charge on any atom is -0.475 e. The van der Waals surface area contributed by atoms with Gasteiger partial charge in [-0.15, -0.1) is 0 Å². The molecule has 3 rings (SSSR count). The van der Waals surface area contributed by atoms with Gasteiger partial charge in [0, 0.05) is 13.1 Å². The monoisotopic (exact) mass is 287 g/mol. The molecule has 0 N–H and O–H groups in total. The molecule has 5 nitrogen and oxygen atoms in total. The van der Waals surface area contributed by atoms with Crippen molar-refractivity contribution in [2.24, 2.45) is 0 Å². The Morgan fingerprint density at radius 1 is 1.14 bits per heavy atom. The van der Waals surface area contributed by atoms with E-state index >= 15 is 0 Å². The Bertz CT molecular complexity index is 622. The van der Waals surface area contributed by atoms with Gasteiger partial charge in [-0.05, 0) is 32.9 Å². The normalized spacial score (nSPS) is 22.5. The number of para-hydroxylation sites is 2. The van der Waals surface area contributed by atoms with Crippen molar-refractivity contribution in [2.45, 2.75) is 33.0 Å². The molecule has 1 aliphatic rings.